The first-order valence-corrected chi connectivity index (χ1v) is 6.18. The molecule has 0 saturated carbocycles. The van der Waals surface area contributed by atoms with E-state index < -0.39 is 0 Å². The van der Waals surface area contributed by atoms with Crippen molar-refractivity contribution < 1.29 is 9.59 Å². The fraction of sp³-hybridized carbons (Fsp3) is 0.800. The number of carbonyl (C=O) groups is 2. The summed E-state index contributed by atoms with van der Waals surface area (Å²) >= 11 is 3.82. The summed E-state index contributed by atoms with van der Waals surface area (Å²) in [5.41, 5.74) is 2.84. The molecule has 2 aliphatic rings. The minimum atomic E-state index is -0.342. The van der Waals surface area contributed by atoms with E-state index in [1.165, 1.54) is 0 Å². The lowest BCUT2D eigenvalue weighted by Crippen LogP contribution is -2.50. The van der Waals surface area contributed by atoms with Crippen molar-refractivity contribution >= 4 is 23.8 Å². The highest BCUT2D eigenvalue weighted by Gasteiger charge is 2.33. The largest absolute Gasteiger partial charge is 0.332 e. The number of nitrogens with one attached hydrogen (secondary N) is 1. The highest BCUT2D eigenvalue weighted by atomic mass is 32.1. The number of thiol groups is 1. The Bertz CT molecular complexity index is 292. The van der Waals surface area contributed by atoms with Gasteiger partial charge in [-0.25, -0.2) is 9.80 Å². The molecule has 90 valence electrons. The number of rotatable bonds is 2. The first kappa shape index (κ1) is 11.7. The molecular formula is C10H17N3O2S. The Kier molecular flexibility index (Phi) is 3.70. The van der Waals surface area contributed by atoms with Gasteiger partial charge in [0.15, 0.2) is 0 Å². The van der Waals surface area contributed by atoms with Gasteiger partial charge in [-0.3, -0.25) is 10.2 Å². The molecule has 0 aromatic heterocycles. The molecule has 2 rings (SSSR count). The van der Waals surface area contributed by atoms with E-state index in [2.05, 4.69) is 18.1 Å². The Balaban J connectivity index is 1.90. The monoisotopic (exact) mass is 243 g/mol. The minimum absolute atomic E-state index is 0.160. The zero-order chi connectivity index (χ0) is 11.5. The average molecular weight is 243 g/mol. The van der Waals surface area contributed by atoms with Crippen LogP contribution in [0.1, 0.15) is 25.7 Å². The maximum atomic E-state index is 11.9. The van der Waals surface area contributed by atoms with Crippen molar-refractivity contribution in [1.29, 1.82) is 0 Å². The predicted molar refractivity (Wildman–Crippen MR) is 63.1 cm³/mol. The van der Waals surface area contributed by atoms with E-state index in [0.717, 1.165) is 38.8 Å². The Morgan fingerprint density at radius 3 is 2.44 bits per heavy atom. The van der Waals surface area contributed by atoms with E-state index in [4.69, 9.17) is 0 Å². The predicted octanol–water partition coefficient (Wildman–Crippen LogP) is 0.628. The molecule has 6 heteroatoms. The lowest BCUT2D eigenvalue weighted by Gasteiger charge is -2.25. The van der Waals surface area contributed by atoms with Gasteiger partial charge in [-0.05, 0) is 25.7 Å². The molecule has 2 heterocycles. The van der Waals surface area contributed by atoms with Crippen molar-refractivity contribution in [3.8, 4) is 0 Å². The Hall–Kier alpha value is -0.750. The Morgan fingerprint density at radius 1 is 1.12 bits per heavy atom. The number of urea groups is 1. The van der Waals surface area contributed by atoms with Crippen LogP contribution in [0.5, 0.6) is 0 Å². The molecule has 2 saturated heterocycles. The number of likely N-dealkylation sites (tertiary alicyclic amines) is 1. The van der Waals surface area contributed by atoms with Gasteiger partial charge in [0.1, 0.15) is 6.04 Å². The van der Waals surface area contributed by atoms with Gasteiger partial charge in [-0.1, -0.05) is 0 Å². The third-order valence-corrected chi connectivity index (χ3v) is 3.46. The number of hydrogen-bond acceptors (Lipinski definition) is 3. The van der Waals surface area contributed by atoms with E-state index in [1.807, 2.05) is 5.01 Å². The van der Waals surface area contributed by atoms with Gasteiger partial charge in [-0.2, -0.15) is 0 Å². The molecule has 2 fully saturated rings. The highest BCUT2D eigenvalue weighted by molar-refractivity contribution is 7.96. The smallest absolute Gasteiger partial charge is 0.313 e. The van der Waals surface area contributed by atoms with Crippen LogP contribution in [-0.4, -0.2) is 46.7 Å². The summed E-state index contributed by atoms with van der Waals surface area (Å²) in [6.07, 6.45) is 3.85. The van der Waals surface area contributed by atoms with Crippen LogP contribution in [0.2, 0.25) is 0 Å². The van der Waals surface area contributed by atoms with Gasteiger partial charge >= 0.3 is 6.03 Å². The Labute approximate surface area is 101 Å². The van der Waals surface area contributed by atoms with Crippen LogP contribution in [0.25, 0.3) is 0 Å². The van der Waals surface area contributed by atoms with Crippen molar-refractivity contribution in [3.05, 3.63) is 0 Å². The van der Waals surface area contributed by atoms with Gasteiger partial charge in [-0.15, -0.1) is 12.6 Å². The maximum absolute atomic E-state index is 11.9. The van der Waals surface area contributed by atoms with Crippen molar-refractivity contribution in [2.24, 2.45) is 0 Å². The van der Waals surface area contributed by atoms with E-state index in [-0.39, 0.29) is 17.2 Å². The van der Waals surface area contributed by atoms with Gasteiger partial charge < -0.3 is 4.90 Å². The molecule has 0 aliphatic carbocycles. The van der Waals surface area contributed by atoms with Crippen molar-refractivity contribution in [2.45, 2.75) is 31.7 Å². The van der Waals surface area contributed by atoms with E-state index in [0.29, 0.717) is 6.54 Å². The second-order valence-electron chi connectivity index (χ2n) is 4.30. The molecule has 16 heavy (non-hydrogen) atoms. The molecular weight excluding hydrogens is 226 g/mol. The third kappa shape index (κ3) is 2.49. The SMILES string of the molecule is O=C(S)[C@@H]1CCCN1C(=O)NN1CCCC1. The molecule has 0 bridgehead atoms. The lowest BCUT2D eigenvalue weighted by molar-refractivity contribution is -0.114. The van der Waals surface area contributed by atoms with Crippen LogP contribution in [-0.2, 0) is 4.79 Å². The van der Waals surface area contributed by atoms with Gasteiger partial charge in [0.2, 0.25) is 5.12 Å². The summed E-state index contributed by atoms with van der Waals surface area (Å²) in [5.74, 6) is 0. The number of nitrogens with zero attached hydrogens (tertiary/aromatic N) is 2. The summed E-state index contributed by atoms with van der Waals surface area (Å²) in [5, 5.41) is 1.70. The highest BCUT2D eigenvalue weighted by Crippen LogP contribution is 2.19. The normalized spacial score (nSPS) is 26.1. The summed E-state index contributed by atoms with van der Waals surface area (Å²) in [6.45, 7) is 2.45. The number of carbonyl (C=O) groups excluding carboxylic acids is 2. The Morgan fingerprint density at radius 2 is 1.81 bits per heavy atom. The average Bonchev–Trinajstić information content (AvgIpc) is 2.86. The summed E-state index contributed by atoms with van der Waals surface area (Å²) in [7, 11) is 0. The van der Waals surface area contributed by atoms with E-state index >= 15 is 0 Å². The molecule has 0 spiro atoms. The zero-order valence-corrected chi connectivity index (χ0v) is 10.1. The van der Waals surface area contributed by atoms with Crippen LogP contribution in [0.15, 0.2) is 0 Å². The first-order chi connectivity index (χ1) is 7.68. The van der Waals surface area contributed by atoms with Crippen LogP contribution in [0, 0.1) is 0 Å². The molecule has 2 amide bonds. The van der Waals surface area contributed by atoms with Crippen LogP contribution >= 0.6 is 12.6 Å². The van der Waals surface area contributed by atoms with E-state index in [1.54, 1.807) is 4.90 Å². The van der Waals surface area contributed by atoms with Crippen molar-refractivity contribution in [3.63, 3.8) is 0 Å². The molecule has 1 N–H and O–H groups in total. The molecule has 1 atom stereocenters. The number of hydrogen-bond donors (Lipinski definition) is 2. The van der Waals surface area contributed by atoms with Gasteiger partial charge in [0, 0.05) is 19.6 Å². The number of amides is 2. The summed E-state index contributed by atoms with van der Waals surface area (Å²) in [6, 6.07) is -0.502. The second kappa shape index (κ2) is 5.05. The maximum Gasteiger partial charge on any atom is 0.332 e. The summed E-state index contributed by atoms with van der Waals surface area (Å²) in [4.78, 5) is 24.7. The van der Waals surface area contributed by atoms with E-state index in [9.17, 15) is 9.59 Å². The first-order valence-electron chi connectivity index (χ1n) is 5.73. The molecule has 5 nitrogen and oxygen atoms in total. The molecule has 0 aromatic carbocycles. The van der Waals surface area contributed by atoms with Crippen molar-refractivity contribution in [1.82, 2.24) is 15.3 Å². The molecule has 0 unspecified atom stereocenters. The van der Waals surface area contributed by atoms with Crippen molar-refractivity contribution in [2.75, 3.05) is 19.6 Å². The van der Waals surface area contributed by atoms with Crippen LogP contribution in [0.4, 0.5) is 4.79 Å². The zero-order valence-electron chi connectivity index (χ0n) is 9.19. The quantitative estimate of drug-likeness (QED) is 0.699. The van der Waals surface area contributed by atoms with Gasteiger partial charge in [0.05, 0.1) is 0 Å². The fourth-order valence-electron chi connectivity index (χ4n) is 2.29. The number of hydrazine groups is 1. The molecule has 2 aliphatic heterocycles. The fourth-order valence-corrected chi connectivity index (χ4v) is 2.56. The molecule has 0 aromatic rings. The van der Waals surface area contributed by atoms with Crippen LogP contribution in [0.3, 0.4) is 0 Å². The standard InChI is InChI=1S/C10H17N3O2S/c14-9(16)8-4-3-7-13(8)10(15)11-12-5-1-2-6-12/h8H,1-7H2,(H,11,15)(H,14,16)/t8-/m0/s1. The lowest BCUT2D eigenvalue weighted by atomic mass is 10.2. The minimum Gasteiger partial charge on any atom is -0.313 e. The molecule has 0 radical (unpaired) electrons. The topological polar surface area (TPSA) is 52.7 Å². The third-order valence-electron chi connectivity index (χ3n) is 3.16. The summed E-state index contributed by atoms with van der Waals surface area (Å²) < 4.78 is 0. The second-order valence-corrected chi connectivity index (χ2v) is 4.74. The van der Waals surface area contributed by atoms with Crippen LogP contribution < -0.4 is 5.43 Å². The van der Waals surface area contributed by atoms with Gasteiger partial charge in [0.25, 0.3) is 0 Å².